The van der Waals surface area contributed by atoms with Gasteiger partial charge in [0.15, 0.2) is 0 Å². The van der Waals surface area contributed by atoms with Gasteiger partial charge in [-0.2, -0.15) is 11.8 Å². The second kappa shape index (κ2) is 8.70. The van der Waals surface area contributed by atoms with E-state index in [-0.39, 0.29) is 6.10 Å². The molecule has 0 aliphatic heterocycles. The second-order valence-corrected chi connectivity index (χ2v) is 7.34. The molecule has 1 atom stereocenters. The van der Waals surface area contributed by atoms with Crippen LogP contribution in [0.15, 0.2) is 24.3 Å². The van der Waals surface area contributed by atoms with Gasteiger partial charge in [-0.15, -0.1) is 0 Å². The molecule has 1 saturated carbocycles. The minimum absolute atomic E-state index is 0.234. The van der Waals surface area contributed by atoms with Crippen molar-refractivity contribution < 1.29 is 4.74 Å². The standard InChI is InChI=1S/C18H29NOS/c1-14(2)20-17-10-8-16(9-11-17)18(19-3)13-21-12-15-6-4-5-7-15/h8-11,14-15,18-19H,4-7,12-13H2,1-3H3. The zero-order valence-electron chi connectivity index (χ0n) is 13.6. The fourth-order valence-electron chi connectivity index (χ4n) is 2.93. The Morgan fingerprint density at radius 2 is 1.86 bits per heavy atom. The summed E-state index contributed by atoms with van der Waals surface area (Å²) in [5.41, 5.74) is 1.35. The van der Waals surface area contributed by atoms with E-state index in [0.717, 1.165) is 17.4 Å². The Kier molecular flexibility index (Phi) is 6.91. The molecule has 0 heterocycles. The molecule has 1 unspecified atom stereocenters. The highest BCUT2D eigenvalue weighted by Crippen LogP contribution is 2.29. The predicted octanol–water partition coefficient (Wildman–Crippen LogP) is 4.66. The number of hydrogen-bond donors (Lipinski definition) is 1. The molecule has 0 spiro atoms. The Labute approximate surface area is 134 Å². The quantitative estimate of drug-likeness (QED) is 0.755. The van der Waals surface area contributed by atoms with Crippen LogP contribution in [-0.4, -0.2) is 24.7 Å². The first kappa shape index (κ1) is 16.7. The van der Waals surface area contributed by atoms with E-state index in [9.17, 15) is 0 Å². The zero-order chi connectivity index (χ0) is 15.1. The summed E-state index contributed by atoms with van der Waals surface area (Å²) in [6.07, 6.45) is 6.00. The lowest BCUT2D eigenvalue weighted by molar-refractivity contribution is 0.242. The third kappa shape index (κ3) is 5.55. The molecule has 0 amide bonds. The average molecular weight is 308 g/mol. The van der Waals surface area contributed by atoms with Crippen molar-refractivity contribution in [2.75, 3.05) is 18.6 Å². The third-order valence-corrected chi connectivity index (χ3v) is 5.39. The molecule has 1 aromatic carbocycles. The van der Waals surface area contributed by atoms with Crippen molar-refractivity contribution in [3.63, 3.8) is 0 Å². The van der Waals surface area contributed by atoms with E-state index in [1.54, 1.807) is 0 Å². The molecule has 0 radical (unpaired) electrons. The molecule has 1 fully saturated rings. The van der Waals surface area contributed by atoms with E-state index in [4.69, 9.17) is 4.74 Å². The van der Waals surface area contributed by atoms with Crippen molar-refractivity contribution >= 4 is 11.8 Å². The first-order valence-corrected chi connectivity index (χ1v) is 9.36. The maximum Gasteiger partial charge on any atom is 0.119 e. The van der Waals surface area contributed by atoms with Crippen molar-refractivity contribution in [1.82, 2.24) is 5.32 Å². The maximum absolute atomic E-state index is 5.71. The lowest BCUT2D eigenvalue weighted by Gasteiger charge is -2.18. The van der Waals surface area contributed by atoms with Gasteiger partial charge in [-0.1, -0.05) is 25.0 Å². The summed E-state index contributed by atoms with van der Waals surface area (Å²) in [4.78, 5) is 0. The summed E-state index contributed by atoms with van der Waals surface area (Å²) >= 11 is 2.10. The van der Waals surface area contributed by atoms with E-state index in [0.29, 0.717) is 6.04 Å². The fraction of sp³-hybridized carbons (Fsp3) is 0.667. The van der Waals surface area contributed by atoms with Crippen LogP contribution in [0.5, 0.6) is 5.75 Å². The van der Waals surface area contributed by atoms with Crippen LogP contribution in [-0.2, 0) is 0 Å². The number of nitrogens with one attached hydrogen (secondary N) is 1. The number of thioether (sulfide) groups is 1. The largest absolute Gasteiger partial charge is 0.491 e. The van der Waals surface area contributed by atoms with Gasteiger partial charge in [0.25, 0.3) is 0 Å². The van der Waals surface area contributed by atoms with E-state index in [1.165, 1.54) is 37.0 Å². The number of rotatable bonds is 8. The zero-order valence-corrected chi connectivity index (χ0v) is 14.4. The van der Waals surface area contributed by atoms with Gasteiger partial charge in [0.2, 0.25) is 0 Å². The van der Waals surface area contributed by atoms with Crippen molar-refractivity contribution in [2.45, 2.75) is 51.7 Å². The summed E-state index contributed by atoms with van der Waals surface area (Å²) in [6, 6.07) is 8.98. The van der Waals surface area contributed by atoms with Gasteiger partial charge in [0.05, 0.1) is 6.10 Å². The van der Waals surface area contributed by atoms with Gasteiger partial charge in [-0.3, -0.25) is 0 Å². The number of ether oxygens (including phenoxy) is 1. The molecule has 0 bridgehead atoms. The van der Waals surface area contributed by atoms with Crippen LogP contribution in [0.25, 0.3) is 0 Å². The molecular formula is C18H29NOS. The van der Waals surface area contributed by atoms with Crippen LogP contribution in [0, 0.1) is 5.92 Å². The summed E-state index contributed by atoms with van der Waals surface area (Å²) in [7, 11) is 2.05. The Balaban J connectivity index is 1.81. The van der Waals surface area contributed by atoms with Crippen molar-refractivity contribution in [2.24, 2.45) is 5.92 Å². The number of benzene rings is 1. The molecule has 0 saturated heterocycles. The van der Waals surface area contributed by atoms with E-state index in [1.807, 2.05) is 0 Å². The monoisotopic (exact) mass is 307 g/mol. The highest BCUT2D eigenvalue weighted by molar-refractivity contribution is 7.99. The Bertz CT molecular complexity index is 398. The SMILES string of the molecule is CNC(CSCC1CCCC1)c1ccc(OC(C)C)cc1. The lowest BCUT2D eigenvalue weighted by Crippen LogP contribution is -2.19. The average Bonchev–Trinajstić information content (AvgIpc) is 2.97. The second-order valence-electron chi connectivity index (χ2n) is 6.26. The Hall–Kier alpha value is -0.670. The fourth-order valence-corrected chi connectivity index (χ4v) is 4.32. The smallest absolute Gasteiger partial charge is 0.119 e. The topological polar surface area (TPSA) is 21.3 Å². The minimum atomic E-state index is 0.234. The van der Waals surface area contributed by atoms with Gasteiger partial charge < -0.3 is 10.1 Å². The molecule has 118 valence electrons. The molecule has 1 aliphatic carbocycles. The van der Waals surface area contributed by atoms with E-state index in [2.05, 4.69) is 62.2 Å². The Morgan fingerprint density at radius 3 is 2.43 bits per heavy atom. The summed E-state index contributed by atoms with van der Waals surface area (Å²) in [5.74, 6) is 4.40. The van der Waals surface area contributed by atoms with E-state index >= 15 is 0 Å². The Morgan fingerprint density at radius 1 is 1.19 bits per heavy atom. The molecule has 21 heavy (non-hydrogen) atoms. The highest BCUT2D eigenvalue weighted by Gasteiger charge is 2.16. The molecule has 2 nitrogen and oxygen atoms in total. The van der Waals surface area contributed by atoms with Gasteiger partial charge in [-0.25, -0.2) is 0 Å². The van der Waals surface area contributed by atoms with Crippen molar-refractivity contribution in [3.05, 3.63) is 29.8 Å². The van der Waals surface area contributed by atoms with Crippen LogP contribution in [0.3, 0.4) is 0 Å². The maximum atomic E-state index is 5.71. The summed E-state index contributed by atoms with van der Waals surface area (Å²) in [5, 5.41) is 3.44. The summed E-state index contributed by atoms with van der Waals surface area (Å²) < 4.78 is 5.71. The molecule has 2 rings (SSSR count). The van der Waals surface area contributed by atoms with Crippen LogP contribution >= 0.6 is 11.8 Å². The lowest BCUT2D eigenvalue weighted by atomic mass is 10.1. The highest BCUT2D eigenvalue weighted by atomic mass is 32.2. The molecule has 0 aromatic heterocycles. The van der Waals surface area contributed by atoms with Crippen LogP contribution < -0.4 is 10.1 Å². The van der Waals surface area contributed by atoms with Gasteiger partial charge >= 0.3 is 0 Å². The van der Waals surface area contributed by atoms with Gasteiger partial charge in [0, 0.05) is 11.8 Å². The van der Waals surface area contributed by atoms with Gasteiger partial charge in [0.1, 0.15) is 5.75 Å². The van der Waals surface area contributed by atoms with Crippen LogP contribution in [0.2, 0.25) is 0 Å². The minimum Gasteiger partial charge on any atom is -0.491 e. The van der Waals surface area contributed by atoms with Crippen LogP contribution in [0.1, 0.15) is 51.1 Å². The normalized spacial score (nSPS) is 17.3. The molecular weight excluding hydrogens is 278 g/mol. The number of hydrogen-bond acceptors (Lipinski definition) is 3. The molecule has 1 aliphatic rings. The van der Waals surface area contributed by atoms with Gasteiger partial charge in [-0.05, 0) is 63.1 Å². The molecule has 1 N–H and O–H groups in total. The third-order valence-electron chi connectivity index (χ3n) is 4.12. The predicted molar refractivity (Wildman–Crippen MR) is 93.3 cm³/mol. The van der Waals surface area contributed by atoms with Crippen molar-refractivity contribution in [1.29, 1.82) is 0 Å². The first-order chi connectivity index (χ1) is 10.2. The molecule has 3 heteroatoms. The van der Waals surface area contributed by atoms with Crippen molar-refractivity contribution in [3.8, 4) is 5.75 Å². The summed E-state index contributed by atoms with van der Waals surface area (Å²) in [6.45, 7) is 4.12. The first-order valence-electron chi connectivity index (χ1n) is 8.20. The van der Waals surface area contributed by atoms with E-state index < -0.39 is 0 Å². The molecule has 1 aromatic rings. The van der Waals surface area contributed by atoms with Crippen LogP contribution in [0.4, 0.5) is 0 Å².